The zero-order valence-electron chi connectivity index (χ0n) is 22.5. The zero-order valence-corrected chi connectivity index (χ0v) is 22.5. The summed E-state index contributed by atoms with van der Waals surface area (Å²) < 4.78 is 27.7. The van der Waals surface area contributed by atoms with E-state index in [0.29, 0.717) is 25.3 Å². The van der Waals surface area contributed by atoms with Gasteiger partial charge >= 0.3 is 6.09 Å². The van der Waals surface area contributed by atoms with Gasteiger partial charge in [-0.3, -0.25) is 9.69 Å². The Morgan fingerprint density at radius 2 is 1.77 bits per heavy atom. The van der Waals surface area contributed by atoms with Crippen molar-refractivity contribution in [3.8, 4) is 5.75 Å². The van der Waals surface area contributed by atoms with Crippen LogP contribution in [0.15, 0.2) is 30.3 Å². The molecule has 4 aliphatic heterocycles. The predicted octanol–water partition coefficient (Wildman–Crippen LogP) is 3.10. The van der Waals surface area contributed by atoms with Crippen LogP contribution in [0.4, 0.5) is 20.8 Å². The number of ether oxygens (including phenoxy) is 2. The van der Waals surface area contributed by atoms with Crippen LogP contribution in [0.5, 0.6) is 5.75 Å². The van der Waals surface area contributed by atoms with Crippen LogP contribution in [-0.2, 0) is 4.74 Å². The van der Waals surface area contributed by atoms with Crippen LogP contribution in [0, 0.1) is 5.82 Å². The van der Waals surface area contributed by atoms with Crippen LogP contribution in [-0.4, -0.2) is 95.4 Å². The standard InChI is InChI=1S/C28H32FN7O4/c1-32-11-12-34-19(17-40-28(34)38)16-39-23-7-6-18(29)13-20(23)27(37)35-10-3-2-5-22(35)21-14-25-30-24(33-8-4-9-33)15-26(32)36(25)31-21/h6-7,13-15,19,22H,2-5,8-12,16-17H2,1H3. The highest BCUT2D eigenvalue weighted by Crippen LogP contribution is 2.35. The molecular formula is C28H32FN7O4. The largest absolute Gasteiger partial charge is 0.490 e. The smallest absolute Gasteiger partial charge is 0.410 e. The van der Waals surface area contributed by atoms with Crippen LogP contribution >= 0.6 is 0 Å². The lowest BCUT2D eigenvalue weighted by atomic mass is 9.98. The number of benzene rings is 1. The van der Waals surface area contributed by atoms with Gasteiger partial charge in [-0.25, -0.2) is 14.2 Å². The normalized spacial score (nSPS) is 23.4. The molecule has 4 aliphatic rings. The Morgan fingerprint density at radius 1 is 0.925 bits per heavy atom. The van der Waals surface area contributed by atoms with Gasteiger partial charge in [-0.1, -0.05) is 0 Å². The number of amides is 2. The highest BCUT2D eigenvalue weighted by molar-refractivity contribution is 5.97. The molecule has 2 bridgehead atoms. The van der Waals surface area contributed by atoms with E-state index in [1.807, 2.05) is 23.7 Å². The van der Waals surface area contributed by atoms with E-state index in [2.05, 4.69) is 9.80 Å². The summed E-state index contributed by atoms with van der Waals surface area (Å²) in [6.45, 7) is 3.70. The van der Waals surface area contributed by atoms with E-state index < -0.39 is 11.9 Å². The fourth-order valence-electron chi connectivity index (χ4n) is 6.00. The van der Waals surface area contributed by atoms with Gasteiger partial charge < -0.3 is 24.2 Å². The summed E-state index contributed by atoms with van der Waals surface area (Å²) in [5, 5.41) is 4.98. The van der Waals surface area contributed by atoms with Crippen molar-refractivity contribution in [1.29, 1.82) is 0 Å². The molecule has 2 aromatic heterocycles. The number of carbonyl (C=O) groups is 2. The fraction of sp³-hybridized carbons (Fsp3) is 0.500. The summed E-state index contributed by atoms with van der Waals surface area (Å²) in [5.41, 5.74) is 1.63. The van der Waals surface area contributed by atoms with E-state index >= 15 is 0 Å². The van der Waals surface area contributed by atoms with Crippen molar-refractivity contribution in [3.05, 3.63) is 47.4 Å². The lowest BCUT2D eigenvalue weighted by Gasteiger charge is -2.35. The minimum atomic E-state index is -0.511. The van der Waals surface area contributed by atoms with Crippen molar-refractivity contribution in [2.45, 2.75) is 37.8 Å². The lowest BCUT2D eigenvalue weighted by molar-refractivity contribution is 0.0599. The predicted molar refractivity (Wildman–Crippen MR) is 144 cm³/mol. The molecule has 7 rings (SSSR count). The van der Waals surface area contributed by atoms with Crippen LogP contribution in [0.3, 0.4) is 0 Å². The average Bonchev–Trinajstić information content (AvgIpc) is 3.51. The molecule has 0 spiro atoms. The highest BCUT2D eigenvalue weighted by Gasteiger charge is 2.36. The summed E-state index contributed by atoms with van der Waals surface area (Å²) in [5.74, 6) is 1.22. The van der Waals surface area contributed by atoms with Crippen LogP contribution in [0.2, 0.25) is 0 Å². The van der Waals surface area contributed by atoms with Crippen molar-refractivity contribution >= 4 is 29.3 Å². The molecular weight excluding hydrogens is 517 g/mol. The maximum atomic E-state index is 14.4. The number of fused-ring (bicyclic) bond motifs is 5. The van der Waals surface area contributed by atoms with Gasteiger partial charge in [-0.15, -0.1) is 0 Å². The zero-order chi connectivity index (χ0) is 27.4. The molecule has 210 valence electrons. The Balaban J connectivity index is 1.36. The van der Waals surface area contributed by atoms with Crippen molar-refractivity contribution in [2.24, 2.45) is 0 Å². The van der Waals surface area contributed by atoms with E-state index in [1.165, 1.54) is 18.2 Å². The summed E-state index contributed by atoms with van der Waals surface area (Å²) in [7, 11) is 1.98. The second-order valence-corrected chi connectivity index (χ2v) is 11.0. The number of halogens is 1. The third-order valence-corrected chi connectivity index (χ3v) is 8.44. The van der Waals surface area contributed by atoms with E-state index in [4.69, 9.17) is 19.6 Å². The summed E-state index contributed by atoms with van der Waals surface area (Å²) in [4.78, 5) is 39.3. The molecule has 11 nitrogen and oxygen atoms in total. The van der Waals surface area contributed by atoms with Crippen molar-refractivity contribution in [2.75, 3.05) is 62.8 Å². The molecule has 40 heavy (non-hydrogen) atoms. The van der Waals surface area contributed by atoms with Gasteiger partial charge in [0.2, 0.25) is 0 Å². The number of carbonyl (C=O) groups excluding carboxylic acids is 2. The number of hydrogen-bond acceptors (Lipinski definition) is 8. The average molecular weight is 550 g/mol. The second kappa shape index (κ2) is 9.83. The lowest BCUT2D eigenvalue weighted by Crippen LogP contribution is -2.43. The number of cyclic esters (lactones) is 1. The minimum absolute atomic E-state index is 0.129. The molecule has 0 radical (unpaired) electrons. The molecule has 2 atom stereocenters. The monoisotopic (exact) mass is 549 g/mol. The Morgan fingerprint density at radius 3 is 2.60 bits per heavy atom. The highest BCUT2D eigenvalue weighted by atomic mass is 19.1. The maximum absolute atomic E-state index is 14.4. The first-order chi connectivity index (χ1) is 19.5. The minimum Gasteiger partial charge on any atom is -0.490 e. The molecule has 0 aliphatic carbocycles. The first-order valence-corrected chi connectivity index (χ1v) is 14.0. The number of likely N-dealkylation sites (N-methyl/N-ethyl adjacent to an activating group) is 1. The molecule has 6 heterocycles. The molecule has 0 N–H and O–H groups in total. The van der Waals surface area contributed by atoms with Gasteiger partial charge in [0, 0.05) is 51.9 Å². The Labute approximate surface area is 231 Å². The van der Waals surface area contributed by atoms with Gasteiger partial charge in [0.15, 0.2) is 5.65 Å². The number of piperidine rings is 1. The number of nitrogens with zero attached hydrogens (tertiary/aromatic N) is 7. The fourth-order valence-corrected chi connectivity index (χ4v) is 6.00. The maximum Gasteiger partial charge on any atom is 0.410 e. The van der Waals surface area contributed by atoms with Gasteiger partial charge in [-0.2, -0.15) is 9.61 Å². The van der Waals surface area contributed by atoms with Gasteiger partial charge in [0.25, 0.3) is 5.91 Å². The van der Waals surface area contributed by atoms with Gasteiger partial charge in [0.05, 0.1) is 17.3 Å². The Hall–Kier alpha value is -4.09. The third-order valence-electron chi connectivity index (χ3n) is 8.44. The van der Waals surface area contributed by atoms with Crippen LogP contribution in [0.1, 0.15) is 47.8 Å². The first-order valence-electron chi connectivity index (χ1n) is 14.0. The summed E-state index contributed by atoms with van der Waals surface area (Å²) >= 11 is 0. The number of anilines is 2. The molecule has 1 aromatic carbocycles. The molecule has 2 amide bonds. The van der Waals surface area contributed by atoms with E-state index in [0.717, 1.165) is 56.1 Å². The molecule has 2 unspecified atom stereocenters. The number of rotatable bonds is 1. The molecule has 3 saturated heterocycles. The quantitative estimate of drug-likeness (QED) is 0.457. The topological polar surface area (TPSA) is 95.8 Å². The summed E-state index contributed by atoms with van der Waals surface area (Å²) in [6.07, 6.45) is 3.28. The number of hydrogen-bond donors (Lipinski definition) is 0. The second-order valence-electron chi connectivity index (χ2n) is 11.0. The van der Waals surface area contributed by atoms with Gasteiger partial charge in [0.1, 0.15) is 42.5 Å². The Kier molecular flexibility index (Phi) is 6.12. The summed E-state index contributed by atoms with van der Waals surface area (Å²) in [6, 6.07) is 7.40. The third kappa shape index (κ3) is 4.25. The SMILES string of the molecule is CN1CCN2C(=O)OCC2COc2ccc(F)cc2C(=O)N2CCCCC2c2cc3nc(N4CCC4)cc1n3n2. The van der Waals surface area contributed by atoms with E-state index in [-0.39, 0.29) is 42.5 Å². The van der Waals surface area contributed by atoms with Crippen molar-refractivity contribution in [1.82, 2.24) is 24.4 Å². The van der Waals surface area contributed by atoms with E-state index in [9.17, 15) is 14.0 Å². The molecule has 3 fully saturated rings. The van der Waals surface area contributed by atoms with Crippen molar-refractivity contribution in [3.63, 3.8) is 0 Å². The molecule has 12 heteroatoms. The van der Waals surface area contributed by atoms with Gasteiger partial charge in [-0.05, 0) is 43.9 Å². The first kappa shape index (κ1) is 24.9. The molecule has 3 aromatic rings. The Bertz CT molecular complexity index is 1470. The van der Waals surface area contributed by atoms with Crippen LogP contribution in [0.25, 0.3) is 5.65 Å². The van der Waals surface area contributed by atoms with Crippen molar-refractivity contribution < 1.29 is 23.5 Å². The molecule has 0 saturated carbocycles. The van der Waals surface area contributed by atoms with E-state index in [1.54, 1.807) is 9.80 Å². The van der Waals surface area contributed by atoms with Crippen LogP contribution < -0.4 is 14.5 Å². The number of aromatic nitrogens is 3.